The molecule has 1 aromatic carbocycles. The molecule has 8 nitrogen and oxygen atoms in total. The van der Waals surface area contributed by atoms with Crippen molar-refractivity contribution in [2.75, 3.05) is 32.7 Å². The number of nitrogens with zero attached hydrogens (tertiary/aromatic N) is 1. The van der Waals surface area contributed by atoms with Crippen molar-refractivity contribution in [3.63, 3.8) is 0 Å². The van der Waals surface area contributed by atoms with Crippen LogP contribution in [0.2, 0.25) is 0 Å². The second kappa shape index (κ2) is 27.9. The number of ether oxygens (including phenoxy) is 1. The van der Waals surface area contributed by atoms with Gasteiger partial charge >= 0.3 is 6.09 Å². The van der Waals surface area contributed by atoms with Gasteiger partial charge in [-0.1, -0.05) is 115 Å². The fourth-order valence-corrected chi connectivity index (χ4v) is 5.25. The molecule has 1 aromatic rings. The maximum absolute atomic E-state index is 13.0. The number of hydrogen-bond acceptors (Lipinski definition) is 5. The third-order valence-corrected chi connectivity index (χ3v) is 8.17. The molecule has 0 aliphatic rings. The number of alkyl carbamates (subject to hydrolysis) is 1. The first-order valence-corrected chi connectivity index (χ1v) is 17.7. The molecule has 252 valence electrons. The van der Waals surface area contributed by atoms with Crippen LogP contribution in [0.3, 0.4) is 0 Å². The molecule has 0 saturated heterocycles. The predicted octanol–water partition coefficient (Wildman–Crippen LogP) is 7.51. The Morgan fingerprint density at radius 3 is 1.93 bits per heavy atom. The van der Waals surface area contributed by atoms with Gasteiger partial charge in [0.25, 0.3) is 0 Å². The molecule has 0 aliphatic carbocycles. The van der Waals surface area contributed by atoms with Crippen LogP contribution in [0.15, 0.2) is 30.3 Å². The molecule has 0 aliphatic heterocycles. The van der Waals surface area contributed by atoms with E-state index in [1.54, 1.807) is 0 Å². The fourth-order valence-electron chi connectivity index (χ4n) is 5.25. The summed E-state index contributed by atoms with van der Waals surface area (Å²) in [4.78, 5) is 40.1. The number of unbranched alkanes of at least 4 members (excludes halogenated alkanes) is 12. The van der Waals surface area contributed by atoms with E-state index in [0.717, 1.165) is 57.3 Å². The molecule has 0 aromatic heterocycles. The van der Waals surface area contributed by atoms with Crippen LogP contribution in [0.5, 0.6) is 0 Å². The largest absolute Gasteiger partial charge is 0.445 e. The van der Waals surface area contributed by atoms with Crippen LogP contribution in [-0.2, 0) is 20.9 Å². The van der Waals surface area contributed by atoms with Crippen molar-refractivity contribution in [1.29, 1.82) is 0 Å². The number of carbonyl (C=O) groups is 3. The molecule has 0 bridgehead atoms. The highest BCUT2D eigenvalue weighted by atomic mass is 16.5. The van der Waals surface area contributed by atoms with Gasteiger partial charge in [0.2, 0.25) is 11.8 Å². The van der Waals surface area contributed by atoms with Gasteiger partial charge in [0.05, 0.1) is 0 Å². The van der Waals surface area contributed by atoms with Crippen LogP contribution in [-0.4, -0.2) is 61.6 Å². The van der Waals surface area contributed by atoms with Gasteiger partial charge in [0, 0.05) is 19.5 Å². The summed E-state index contributed by atoms with van der Waals surface area (Å²) < 4.78 is 5.36. The highest BCUT2D eigenvalue weighted by molar-refractivity contribution is 5.85. The lowest BCUT2D eigenvalue weighted by Crippen LogP contribution is -2.47. The first kappa shape index (κ1) is 39.4. The zero-order valence-electron chi connectivity index (χ0n) is 28.3. The Balaban J connectivity index is 2.28. The number of amides is 3. The third-order valence-electron chi connectivity index (χ3n) is 8.17. The van der Waals surface area contributed by atoms with E-state index in [-0.39, 0.29) is 18.4 Å². The Bertz CT molecular complexity index is 848. The normalized spacial score (nSPS) is 11.7. The van der Waals surface area contributed by atoms with Crippen molar-refractivity contribution in [3.8, 4) is 0 Å². The van der Waals surface area contributed by atoms with Crippen molar-refractivity contribution in [3.05, 3.63) is 35.9 Å². The Hall–Kier alpha value is -2.61. The van der Waals surface area contributed by atoms with Gasteiger partial charge in [0.1, 0.15) is 12.6 Å². The maximum atomic E-state index is 13.0. The molecule has 1 rings (SSSR count). The topological polar surface area (TPSA) is 99.8 Å². The molecule has 0 radical (unpaired) electrons. The lowest BCUT2D eigenvalue weighted by atomic mass is 10.1. The van der Waals surface area contributed by atoms with E-state index < -0.39 is 12.1 Å². The summed E-state index contributed by atoms with van der Waals surface area (Å²) in [6.07, 6.45) is 17.8. The van der Waals surface area contributed by atoms with Gasteiger partial charge in [0.15, 0.2) is 0 Å². The molecule has 44 heavy (non-hydrogen) atoms. The molecule has 0 spiro atoms. The van der Waals surface area contributed by atoms with E-state index in [4.69, 9.17) is 4.74 Å². The minimum atomic E-state index is -0.673. The molecule has 0 saturated carbocycles. The van der Waals surface area contributed by atoms with Crippen LogP contribution in [0.1, 0.15) is 135 Å². The molecular weight excluding hydrogens is 552 g/mol. The average Bonchev–Trinajstić information content (AvgIpc) is 3.04. The number of benzene rings is 1. The monoisotopic (exact) mass is 616 g/mol. The van der Waals surface area contributed by atoms with E-state index in [1.165, 1.54) is 57.8 Å². The van der Waals surface area contributed by atoms with Crippen LogP contribution in [0.4, 0.5) is 4.79 Å². The summed E-state index contributed by atoms with van der Waals surface area (Å²) in [7, 11) is 0. The van der Waals surface area contributed by atoms with Crippen molar-refractivity contribution >= 4 is 17.9 Å². The van der Waals surface area contributed by atoms with E-state index >= 15 is 0 Å². The van der Waals surface area contributed by atoms with Gasteiger partial charge in [-0.15, -0.1) is 0 Å². The first-order chi connectivity index (χ1) is 21.5. The molecule has 0 unspecified atom stereocenters. The van der Waals surface area contributed by atoms with Crippen molar-refractivity contribution < 1.29 is 19.1 Å². The molecule has 3 N–H and O–H groups in total. The van der Waals surface area contributed by atoms with Gasteiger partial charge in [-0.3, -0.25) is 9.59 Å². The molecule has 3 amide bonds. The standard InChI is InChI=1S/C36H64N4O4/c1-4-7-8-9-10-11-12-13-14-15-19-27-34(41)37-28-21-20-26-33(35(42)38-29-22-23-30-40(5-2)6-3)39-36(43)44-31-32-24-17-16-18-25-32/h16-18,24-25,33H,4-15,19-23,26-31H2,1-3H3,(H,37,41)(H,38,42)(H,39,43)/t33-/m0/s1. The van der Waals surface area contributed by atoms with Gasteiger partial charge in [-0.05, 0) is 63.7 Å². The third kappa shape index (κ3) is 22.0. The first-order valence-electron chi connectivity index (χ1n) is 17.7. The lowest BCUT2D eigenvalue weighted by Gasteiger charge is -2.19. The highest BCUT2D eigenvalue weighted by Gasteiger charge is 2.21. The van der Waals surface area contributed by atoms with Crippen LogP contribution < -0.4 is 16.0 Å². The van der Waals surface area contributed by atoms with Gasteiger partial charge in [-0.25, -0.2) is 4.79 Å². The summed E-state index contributed by atoms with van der Waals surface area (Å²) in [6.45, 7) is 10.9. The van der Waals surface area contributed by atoms with Gasteiger partial charge < -0.3 is 25.6 Å². The minimum absolute atomic E-state index is 0.0996. The Morgan fingerprint density at radius 2 is 1.30 bits per heavy atom. The molecule has 0 fully saturated rings. The summed E-state index contributed by atoms with van der Waals surface area (Å²) in [5, 5.41) is 8.76. The minimum Gasteiger partial charge on any atom is -0.445 e. The summed E-state index contributed by atoms with van der Waals surface area (Å²) in [6, 6.07) is 8.80. The summed E-state index contributed by atoms with van der Waals surface area (Å²) >= 11 is 0. The zero-order chi connectivity index (χ0) is 32.1. The van der Waals surface area contributed by atoms with Crippen molar-refractivity contribution in [1.82, 2.24) is 20.9 Å². The van der Waals surface area contributed by atoms with Crippen LogP contribution in [0, 0.1) is 0 Å². The number of carbonyl (C=O) groups excluding carboxylic acids is 3. The number of hydrogen-bond donors (Lipinski definition) is 3. The predicted molar refractivity (Wildman–Crippen MR) is 182 cm³/mol. The molecule has 0 heterocycles. The van der Waals surface area contributed by atoms with E-state index in [0.29, 0.717) is 32.4 Å². The number of nitrogens with one attached hydrogen (secondary N) is 3. The second-order valence-electron chi connectivity index (χ2n) is 11.9. The smallest absolute Gasteiger partial charge is 0.408 e. The van der Waals surface area contributed by atoms with E-state index in [1.807, 2.05) is 30.3 Å². The molecular formula is C36H64N4O4. The van der Waals surface area contributed by atoms with E-state index in [2.05, 4.69) is 41.6 Å². The van der Waals surface area contributed by atoms with Crippen LogP contribution in [0.25, 0.3) is 0 Å². The van der Waals surface area contributed by atoms with Crippen molar-refractivity contribution in [2.45, 2.75) is 143 Å². The fraction of sp³-hybridized carbons (Fsp3) is 0.750. The second-order valence-corrected chi connectivity index (χ2v) is 11.9. The molecule has 1 atom stereocenters. The average molecular weight is 617 g/mol. The lowest BCUT2D eigenvalue weighted by molar-refractivity contribution is -0.123. The Kier molecular flexibility index (Phi) is 25.0. The Morgan fingerprint density at radius 1 is 0.705 bits per heavy atom. The Labute approximate surface area is 268 Å². The number of rotatable bonds is 28. The summed E-state index contributed by atoms with van der Waals surface area (Å²) in [5.41, 5.74) is 0.890. The van der Waals surface area contributed by atoms with Crippen molar-refractivity contribution in [2.24, 2.45) is 0 Å². The zero-order valence-corrected chi connectivity index (χ0v) is 28.3. The molecule has 8 heteroatoms. The summed E-state index contributed by atoms with van der Waals surface area (Å²) in [5.74, 6) is -0.0902. The van der Waals surface area contributed by atoms with Gasteiger partial charge in [-0.2, -0.15) is 0 Å². The SMILES string of the molecule is CCCCCCCCCCCCCC(=O)NCCCC[C@H](NC(=O)OCc1ccccc1)C(=O)NCCCCN(CC)CC. The maximum Gasteiger partial charge on any atom is 0.408 e. The quantitative estimate of drug-likeness (QED) is 0.0847. The highest BCUT2D eigenvalue weighted by Crippen LogP contribution is 2.12. The van der Waals surface area contributed by atoms with E-state index in [9.17, 15) is 14.4 Å². The van der Waals surface area contributed by atoms with Crippen LogP contribution >= 0.6 is 0 Å².